The minimum atomic E-state index is 0.0657. The zero-order valence-electron chi connectivity index (χ0n) is 15.9. The summed E-state index contributed by atoms with van der Waals surface area (Å²) in [6.45, 7) is 13.0. The Kier molecular flexibility index (Phi) is 5.16. The van der Waals surface area contributed by atoms with Crippen LogP contribution in [0.3, 0.4) is 0 Å². The molecule has 0 spiro atoms. The number of H-pyrrole nitrogens is 1. The van der Waals surface area contributed by atoms with Gasteiger partial charge in [-0.15, -0.1) is 0 Å². The van der Waals surface area contributed by atoms with Crippen molar-refractivity contribution in [3.8, 4) is 0 Å². The molecular weight excluding hydrogens is 314 g/mol. The van der Waals surface area contributed by atoms with E-state index in [0.29, 0.717) is 13.1 Å². The predicted molar refractivity (Wildman–Crippen MR) is 101 cm³/mol. The fourth-order valence-corrected chi connectivity index (χ4v) is 3.79. The molecule has 0 bridgehead atoms. The van der Waals surface area contributed by atoms with E-state index in [4.69, 9.17) is 4.74 Å². The average Bonchev–Trinajstić information content (AvgIpc) is 2.79. The Bertz CT molecular complexity index is 771. The second kappa shape index (κ2) is 7.18. The van der Waals surface area contributed by atoms with Crippen LogP contribution in [0, 0.1) is 20.8 Å². The van der Waals surface area contributed by atoms with Crippen molar-refractivity contribution in [3.05, 3.63) is 34.5 Å². The minimum absolute atomic E-state index is 0.0657. The number of nitrogens with zero attached hydrogens (tertiary/aromatic N) is 1. The normalized spacial score (nSPS) is 21.6. The van der Waals surface area contributed by atoms with Gasteiger partial charge in [-0.05, 0) is 51.8 Å². The first-order valence-electron chi connectivity index (χ1n) is 9.06. The third kappa shape index (κ3) is 4.05. The van der Waals surface area contributed by atoms with Crippen molar-refractivity contribution in [3.63, 3.8) is 0 Å². The quantitative estimate of drug-likeness (QED) is 0.897. The van der Waals surface area contributed by atoms with Gasteiger partial charge in [0, 0.05) is 30.7 Å². The van der Waals surface area contributed by atoms with E-state index < -0.39 is 0 Å². The predicted octanol–water partition coefficient (Wildman–Crippen LogP) is 2.82. The van der Waals surface area contributed by atoms with Crippen LogP contribution in [0.25, 0.3) is 10.9 Å². The molecule has 1 aliphatic rings. The number of rotatable bonds is 4. The molecule has 1 saturated heterocycles. The summed E-state index contributed by atoms with van der Waals surface area (Å²) in [5, 5.41) is 4.33. The molecule has 0 aliphatic carbocycles. The molecule has 5 heteroatoms. The maximum Gasteiger partial charge on any atom is 0.234 e. The maximum absolute atomic E-state index is 12.4. The van der Waals surface area contributed by atoms with Crippen LogP contribution in [0.2, 0.25) is 0 Å². The van der Waals surface area contributed by atoms with Gasteiger partial charge in [-0.1, -0.05) is 11.6 Å². The van der Waals surface area contributed by atoms with Gasteiger partial charge >= 0.3 is 0 Å². The SMILES string of the molecule is Cc1cc(CNC(=O)CN2C[C@@H](C)O[C@@H](C)C2)c2[nH]c(C)c(C)c2c1. The van der Waals surface area contributed by atoms with E-state index in [1.807, 2.05) is 0 Å². The van der Waals surface area contributed by atoms with Gasteiger partial charge in [0.2, 0.25) is 5.91 Å². The molecule has 5 nitrogen and oxygen atoms in total. The number of carbonyl (C=O) groups excluding carboxylic acids is 1. The minimum Gasteiger partial charge on any atom is -0.373 e. The largest absolute Gasteiger partial charge is 0.373 e. The lowest BCUT2D eigenvalue weighted by Gasteiger charge is -2.34. The summed E-state index contributed by atoms with van der Waals surface area (Å²) in [7, 11) is 0. The van der Waals surface area contributed by atoms with Crippen LogP contribution >= 0.6 is 0 Å². The van der Waals surface area contributed by atoms with Crippen LogP contribution in [-0.4, -0.2) is 47.6 Å². The molecule has 0 saturated carbocycles. The number of nitrogens with one attached hydrogen (secondary N) is 2. The zero-order chi connectivity index (χ0) is 18.1. The molecule has 1 amide bonds. The smallest absolute Gasteiger partial charge is 0.234 e. The molecule has 0 unspecified atom stereocenters. The van der Waals surface area contributed by atoms with Gasteiger partial charge in [0.05, 0.1) is 24.3 Å². The summed E-state index contributed by atoms with van der Waals surface area (Å²) in [6.07, 6.45) is 0.357. The summed E-state index contributed by atoms with van der Waals surface area (Å²) in [5.41, 5.74) is 5.96. The van der Waals surface area contributed by atoms with Crippen molar-refractivity contribution in [2.75, 3.05) is 19.6 Å². The Morgan fingerprint density at radius 1 is 1.24 bits per heavy atom. The van der Waals surface area contributed by atoms with Crippen molar-refractivity contribution in [1.82, 2.24) is 15.2 Å². The highest BCUT2D eigenvalue weighted by molar-refractivity contribution is 5.88. The number of aryl methyl sites for hydroxylation is 3. The molecule has 136 valence electrons. The topological polar surface area (TPSA) is 57.4 Å². The highest BCUT2D eigenvalue weighted by Crippen LogP contribution is 2.26. The standard InChI is InChI=1S/C20H29N3O2/c1-12-6-17(20-18(7-12)15(4)16(5)22-20)8-21-19(24)11-23-9-13(2)25-14(3)10-23/h6-7,13-14,22H,8-11H2,1-5H3,(H,21,24)/t13-,14+. The van der Waals surface area contributed by atoms with Crippen LogP contribution in [0.1, 0.15) is 36.2 Å². The van der Waals surface area contributed by atoms with Gasteiger partial charge < -0.3 is 15.0 Å². The Morgan fingerprint density at radius 3 is 2.60 bits per heavy atom. The molecule has 1 aliphatic heterocycles. The first-order valence-corrected chi connectivity index (χ1v) is 9.06. The van der Waals surface area contributed by atoms with Gasteiger partial charge in [-0.2, -0.15) is 0 Å². The van der Waals surface area contributed by atoms with Crippen molar-refractivity contribution >= 4 is 16.8 Å². The summed E-state index contributed by atoms with van der Waals surface area (Å²) in [4.78, 5) is 18.0. The Labute approximate surface area is 149 Å². The average molecular weight is 343 g/mol. The Hall–Kier alpha value is -1.85. The molecular formula is C20H29N3O2. The number of ether oxygens (including phenoxy) is 1. The Morgan fingerprint density at radius 2 is 1.92 bits per heavy atom. The lowest BCUT2D eigenvalue weighted by Crippen LogP contribution is -2.49. The van der Waals surface area contributed by atoms with Crippen molar-refractivity contribution < 1.29 is 9.53 Å². The van der Waals surface area contributed by atoms with E-state index >= 15 is 0 Å². The number of benzene rings is 1. The number of aromatic amines is 1. The van der Waals surface area contributed by atoms with Gasteiger partial charge in [0.1, 0.15) is 0 Å². The van der Waals surface area contributed by atoms with Gasteiger partial charge in [0.15, 0.2) is 0 Å². The van der Waals surface area contributed by atoms with Gasteiger partial charge in [-0.25, -0.2) is 0 Å². The molecule has 0 radical (unpaired) electrons. The van der Waals surface area contributed by atoms with E-state index in [-0.39, 0.29) is 18.1 Å². The van der Waals surface area contributed by atoms with Crippen LogP contribution in [-0.2, 0) is 16.1 Å². The fraction of sp³-hybridized carbons (Fsp3) is 0.550. The summed E-state index contributed by atoms with van der Waals surface area (Å²) >= 11 is 0. The molecule has 2 aromatic rings. The zero-order valence-corrected chi connectivity index (χ0v) is 15.9. The summed E-state index contributed by atoms with van der Waals surface area (Å²) < 4.78 is 5.72. The van der Waals surface area contributed by atoms with Gasteiger partial charge in [-0.3, -0.25) is 9.69 Å². The number of morpholine rings is 1. The first-order chi connectivity index (χ1) is 11.8. The van der Waals surface area contributed by atoms with Crippen molar-refractivity contribution in [2.24, 2.45) is 0 Å². The third-order valence-electron chi connectivity index (χ3n) is 4.98. The lowest BCUT2D eigenvalue weighted by atomic mass is 10.0. The summed E-state index contributed by atoms with van der Waals surface area (Å²) in [6, 6.07) is 4.35. The summed E-state index contributed by atoms with van der Waals surface area (Å²) in [5.74, 6) is 0.0657. The molecule has 25 heavy (non-hydrogen) atoms. The van der Waals surface area contributed by atoms with E-state index in [9.17, 15) is 4.79 Å². The highest BCUT2D eigenvalue weighted by atomic mass is 16.5. The number of amides is 1. The van der Waals surface area contributed by atoms with E-state index in [1.54, 1.807) is 0 Å². The second-order valence-electron chi connectivity index (χ2n) is 7.45. The van der Waals surface area contributed by atoms with E-state index in [0.717, 1.165) is 24.2 Å². The number of carbonyl (C=O) groups is 1. The third-order valence-corrected chi connectivity index (χ3v) is 4.98. The Balaban J connectivity index is 1.66. The number of fused-ring (bicyclic) bond motifs is 1. The molecule has 3 rings (SSSR count). The molecule has 2 atom stereocenters. The molecule has 2 heterocycles. The van der Waals surface area contributed by atoms with E-state index in [1.165, 1.54) is 22.2 Å². The second-order valence-corrected chi connectivity index (χ2v) is 7.45. The molecule has 1 aromatic carbocycles. The van der Waals surface area contributed by atoms with Gasteiger partial charge in [0.25, 0.3) is 0 Å². The number of hydrogen-bond donors (Lipinski definition) is 2. The maximum atomic E-state index is 12.4. The molecule has 1 aromatic heterocycles. The lowest BCUT2D eigenvalue weighted by molar-refractivity contribution is -0.126. The molecule has 2 N–H and O–H groups in total. The fourth-order valence-electron chi connectivity index (χ4n) is 3.79. The highest BCUT2D eigenvalue weighted by Gasteiger charge is 2.23. The van der Waals surface area contributed by atoms with Crippen LogP contribution in [0.15, 0.2) is 12.1 Å². The number of hydrogen-bond acceptors (Lipinski definition) is 3. The monoisotopic (exact) mass is 343 g/mol. The van der Waals surface area contributed by atoms with Crippen LogP contribution < -0.4 is 5.32 Å². The molecule has 1 fully saturated rings. The first kappa shape index (κ1) is 18.0. The van der Waals surface area contributed by atoms with Crippen LogP contribution in [0.5, 0.6) is 0 Å². The number of aromatic nitrogens is 1. The van der Waals surface area contributed by atoms with Crippen molar-refractivity contribution in [1.29, 1.82) is 0 Å². The van der Waals surface area contributed by atoms with Crippen LogP contribution in [0.4, 0.5) is 0 Å². The van der Waals surface area contributed by atoms with Crippen molar-refractivity contribution in [2.45, 2.75) is 53.4 Å². The van der Waals surface area contributed by atoms with E-state index in [2.05, 4.69) is 62.0 Å².